The minimum absolute atomic E-state index is 0.122. The van der Waals surface area contributed by atoms with Crippen LogP contribution in [-0.4, -0.2) is 43.3 Å². The van der Waals surface area contributed by atoms with E-state index in [0.29, 0.717) is 20.4 Å². The number of nitrogens with zero attached hydrogens (tertiary/aromatic N) is 2. The SMILES string of the molecule is Cc1cc(-c2ccc(NC(=O)CSc3nc4ccc(Cl)cc4[nH]3)c(C)c2)ccc1NC(=O)CSc1nc2ccc(Cl)cc2[nH]1. The second-order valence-electron chi connectivity index (χ2n) is 10.1. The van der Waals surface area contributed by atoms with E-state index >= 15 is 0 Å². The maximum absolute atomic E-state index is 12.7. The third-order valence-electron chi connectivity index (χ3n) is 6.86. The smallest absolute Gasteiger partial charge is 0.234 e. The lowest BCUT2D eigenvalue weighted by Crippen LogP contribution is -2.15. The highest BCUT2D eigenvalue weighted by Crippen LogP contribution is 2.29. The van der Waals surface area contributed by atoms with Gasteiger partial charge in [0, 0.05) is 21.4 Å². The van der Waals surface area contributed by atoms with Gasteiger partial charge in [0.1, 0.15) is 0 Å². The molecule has 222 valence electrons. The van der Waals surface area contributed by atoms with Crippen molar-refractivity contribution in [3.8, 4) is 11.1 Å². The molecule has 2 heterocycles. The Bertz CT molecular complexity index is 1900. The molecule has 0 unspecified atom stereocenters. The van der Waals surface area contributed by atoms with Crippen LogP contribution in [0.15, 0.2) is 83.1 Å². The standard InChI is InChI=1S/C32H26Cl2N6O2S2/c1-17-11-19(3-7-23(17)35-29(41)15-43-31-37-25-9-5-21(33)13-27(25)39-31)20-4-8-24(18(2)12-20)36-30(42)16-44-32-38-26-10-6-22(34)14-28(26)40-32/h3-14H,15-16H2,1-2H3,(H,35,41)(H,36,42)(H,37,39)(H,38,40). The predicted octanol–water partition coefficient (Wildman–Crippen LogP) is 8.49. The molecule has 0 atom stereocenters. The molecular formula is C32H26Cl2N6O2S2. The lowest BCUT2D eigenvalue weighted by atomic mass is 10.00. The maximum Gasteiger partial charge on any atom is 0.234 e. The zero-order valence-corrected chi connectivity index (χ0v) is 26.8. The van der Waals surface area contributed by atoms with Crippen LogP contribution in [0.5, 0.6) is 0 Å². The lowest BCUT2D eigenvalue weighted by Gasteiger charge is -2.13. The molecule has 0 spiro atoms. The van der Waals surface area contributed by atoms with Crippen molar-refractivity contribution in [3.05, 3.63) is 94.0 Å². The van der Waals surface area contributed by atoms with E-state index in [-0.39, 0.29) is 23.3 Å². The van der Waals surface area contributed by atoms with E-state index in [0.717, 1.165) is 55.7 Å². The number of anilines is 2. The topological polar surface area (TPSA) is 116 Å². The summed E-state index contributed by atoms with van der Waals surface area (Å²) in [4.78, 5) is 40.7. The Balaban J connectivity index is 1.03. The highest BCUT2D eigenvalue weighted by Gasteiger charge is 2.12. The molecule has 12 heteroatoms. The Hall–Kier alpha value is -3.96. The van der Waals surface area contributed by atoms with Gasteiger partial charge < -0.3 is 20.6 Å². The summed E-state index contributed by atoms with van der Waals surface area (Å²) in [5.74, 6) is 0.186. The molecule has 0 saturated heterocycles. The number of imidazole rings is 2. The first-order valence-corrected chi connectivity index (χ1v) is 16.3. The van der Waals surface area contributed by atoms with Gasteiger partial charge >= 0.3 is 0 Å². The van der Waals surface area contributed by atoms with E-state index in [9.17, 15) is 9.59 Å². The summed E-state index contributed by atoms with van der Waals surface area (Å²) < 4.78 is 0. The number of nitrogens with one attached hydrogen (secondary N) is 4. The number of aromatic nitrogens is 4. The quantitative estimate of drug-likeness (QED) is 0.116. The number of amides is 2. The predicted molar refractivity (Wildman–Crippen MR) is 182 cm³/mol. The van der Waals surface area contributed by atoms with Crippen LogP contribution in [0, 0.1) is 13.8 Å². The Morgan fingerprint density at radius 1 is 0.659 bits per heavy atom. The molecule has 4 aromatic carbocycles. The van der Waals surface area contributed by atoms with Gasteiger partial charge in [0.15, 0.2) is 10.3 Å². The first-order chi connectivity index (χ1) is 21.2. The Labute approximate surface area is 271 Å². The molecule has 0 aliphatic heterocycles. The second-order valence-corrected chi connectivity index (χ2v) is 12.9. The maximum atomic E-state index is 12.7. The van der Waals surface area contributed by atoms with E-state index in [2.05, 4.69) is 30.6 Å². The van der Waals surface area contributed by atoms with Crippen molar-refractivity contribution < 1.29 is 9.59 Å². The Kier molecular flexibility index (Phi) is 8.86. The van der Waals surface area contributed by atoms with Crippen LogP contribution in [0.1, 0.15) is 11.1 Å². The number of carbonyl (C=O) groups is 2. The van der Waals surface area contributed by atoms with Crippen molar-refractivity contribution in [1.29, 1.82) is 0 Å². The summed E-state index contributed by atoms with van der Waals surface area (Å²) in [5.41, 5.74) is 8.69. The first kappa shape index (κ1) is 30.1. The average molecular weight is 662 g/mol. The number of thioether (sulfide) groups is 2. The monoisotopic (exact) mass is 660 g/mol. The molecule has 0 aliphatic rings. The van der Waals surface area contributed by atoms with E-state index in [4.69, 9.17) is 23.2 Å². The highest BCUT2D eigenvalue weighted by molar-refractivity contribution is 8.00. The summed E-state index contributed by atoms with van der Waals surface area (Å²) in [5, 5.41) is 8.57. The fourth-order valence-corrected chi connectivity index (χ4v) is 6.38. The van der Waals surface area contributed by atoms with Gasteiger partial charge in [-0.25, -0.2) is 9.97 Å². The molecule has 6 rings (SSSR count). The molecule has 0 saturated carbocycles. The van der Waals surface area contributed by atoms with Crippen molar-refractivity contribution in [2.75, 3.05) is 22.1 Å². The first-order valence-electron chi connectivity index (χ1n) is 13.6. The van der Waals surface area contributed by atoms with Crippen LogP contribution in [0.2, 0.25) is 10.0 Å². The minimum atomic E-state index is -0.122. The van der Waals surface area contributed by atoms with Crippen LogP contribution < -0.4 is 10.6 Å². The normalized spacial score (nSPS) is 11.3. The van der Waals surface area contributed by atoms with Gasteiger partial charge in [-0.15, -0.1) is 0 Å². The molecule has 4 N–H and O–H groups in total. The summed E-state index contributed by atoms with van der Waals surface area (Å²) in [6.07, 6.45) is 0. The molecule has 8 nitrogen and oxygen atoms in total. The number of fused-ring (bicyclic) bond motifs is 2. The molecular weight excluding hydrogens is 635 g/mol. The number of H-pyrrole nitrogens is 2. The van der Waals surface area contributed by atoms with Gasteiger partial charge in [0.2, 0.25) is 11.8 Å². The van der Waals surface area contributed by atoms with Crippen LogP contribution in [0.4, 0.5) is 11.4 Å². The van der Waals surface area contributed by atoms with Gasteiger partial charge in [-0.05, 0) is 96.8 Å². The van der Waals surface area contributed by atoms with Gasteiger partial charge in [-0.1, -0.05) is 58.9 Å². The summed E-state index contributed by atoms with van der Waals surface area (Å²) in [7, 11) is 0. The minimum Gasteiger partial charge on any atom is -0.333 e. The van der Waals surface area contributed by atoms with Crippen molar-refractivity contribution in [2.45, 2.75) is 24.2 Å². The van der Waals surface area contributed by atoms with Gasteiger partial charge in [0.05, 0.1) is 33.6 Å². The number of halogens is 2. The number of benzene rings is 4. The molecule has 0 fully saturated rings. The van der Waals surface area contributed by atoms with Crippen LogP contribution in [0.25, 0.3) is 33.2 Å². The molecule has 0 radical (unpaired) electrons. The zero-order chi connectivity index (χ0) is 30.8. The second kappa shape index (κ2) is 13.0. The molecule has 2 amide bonds. The third-order valence-corrected chi connectivity index (χ3v) is 9.08. The molecule has 2 aromatic heterocycles. The summed E-state index contributed by atoms with van der Waals surface area (Å²) >= 11 is 14.8. The third kappa shape index (κ3) is 7.05. The fourth-order valence-electron chi connectivity index (χ4n) is 4.66. The van der Waals surface area contributed by atoms with E-state index in [1.54, 1.807) is 12.1 Å². The highest BCUT2D eigenvalue weighted by atomic mass is 35.5. The van der Waals surface area contributed by atoms with Crippen molar-refractivity contribution in [1.82, 2.24) is 19.9 Å². The van der Waals surface area contributed by atoms with Crippen LogP contribution >= 0.6 is 46.7 Å². The van der Waals surface area contributed by atoms with Crippen molar-refractivity contribution in [3.63, 3.8) is 0 Å². The van der Waals surface area contributed by atoms with Crippen molar-refractivity contribution >= 4 is 92.0 Å². The number of aromatic amines is 2. The molecule has 44 heavy (non-hydrogen) atoms. The summed E-state index contributed by atoms with van der Waals surface area (Å²) in [6, 6.07) is 22.7. The van der Waals surface area contributed by atoms with Crippen molar-refractivity contribution in [2.24, 2.45) is 0 Å². The number of rotatable bonds is 9. The van der Waals surface area contributed by atoms with Gasteiger partial charge in [0.25, 0.3) is 0 Å². The molecule has 6 aromatic rings. The van der Waals surface area contributed by atoms with E-state index in [1.807, 2.05) is 74.5 Å². The Morgan fingerprint density at radius 3 is 1.50 bits per heavy atom. The molecule has 0 aliphatic carbocycles. The summed E-state index contributed by atoms with van der Waals surface area (Å²) in [6.45, 7) is 3.93. The largest absolute Gasteiger partial charge is 0.333 e. The number of hydrogen-bond acceptors (Lipinski definition) is 6. The average Bonchev–Trinajstić information content (AvgIpc) is 3.59. The van der Waals surface area contributed by atoms with Gasteiger partial charge in [-0.2, -0.15) is 0 Å². The lowest BCUT2D eigenvalue weighted by molar-refractivity contribution is -0.114. The number of aryl methyl sites for hydroxylation is 2. The van der Waals surface area contributed by atoms with Crippen LogP contribution in [0.3, 0.4) is 0 Å². The number of carbonyl (C=O) groups excluding carboxylic acids is 2. The molecule has 0 bridgehead atoms. The van der Waals surface area contributed by atoms with E-state index in [1.165, 1.54) is 23.5 Å². The number of hydrogen-bond donors (Lipinski definition) is 4. The Morgan fingerprint density at radius 2 is 1.09 bits per heavy atom. The van der Waals surface area contributed by atoms with E-state index < -0.39 is 0 Å². The van der Waals surface area contributed by atoms with Gasteiger partial charge in [-0.3, -0.25) is 9.59 Å². The fraction of sp³-hybridized carbons (Fsp3) is 0.125. The van der Waals surface area contributed by atoms with Crippen LogP contribution in [-0.2, 0) is 9.59 Å². The zero-order valence-electron chi connectivity index (χ0n) is 23.6.